The van der Waals surface area contributed by atoms with Crippen LogP contribution < -0.4 is 9.04 Å². The van der Waals surface area contributed by atoms with Crippen LogP contribution in [0, 0.1) is 12.7 Å². The van der Waals surface area contributed by atoms with Gasteiger partial charge in [0.25, 0.3) is 10.0 Å². The molecule has 0 aliphatic carbocycles. The van der Waals surface area contributed by atoms with E-state index in [1.54, 1.807) is 36.4 Å². The van der Waals surface area contributed by atoms with E-state index < -0.39 is 15.8 Å². The quantitative estimate of drug-likeness (QED) is 0.676. The standard InChI is InChI=1S/C20H16FNO3S/c1-14-6-8-18(9-7-14)25-19-11-16(21)10-17(12-19)22-13-15-4-2-3-5-20(15)26(22,23)24/h2-12H,13H2,1H3. The summed E-state index contributed by atoms with van der Waals surface area (Å²) in [4.78, 5) is 0.255. The monoisotopic (exact) mass is 369 g/mol. The molecule has 1 aliphatic heterocycles. The lowest BCUT2D eigenvalue weighted by atomic mass is 10.2. The van der Waals surface area contributed by atoms with Gasteiger partial charge < -0.3 is 4.74 Å². The van der Waals surface area contributed by atoms with E-state index >= 15 is 0 Å². The van der Waals surface area contributed by atoms with E-state index in [0.29, 0.717) is 11.3 Å². The zero-order chi connectivity index (χ0) is 18.3. The normalized spacial score (nSPS) is 14.9. The van der Waals surface area contributed by atoms with Crippen molar-refractivity contribution in [2.75, 3.05) is 4.31 Å². The molecule has 0 amide bonds. The number of halogens is 1. The van der Waals surface area contributed by atoms with Crippen molar-refractivity contribution in [2.24, 2.45) is 0 Å². The summed E-state index contributed by atoms with van der Waals surface area (Å²) in [5.74, 6) is 0.241. The van der Waals surface area contributed by atoms with Gasteiger partial charge in [0.05, 0.1) is 17.1 Å². The fraction of sp³-hybridized carbons (Fsp3) is 0.100. The molecule has 0 N–H and O–H groups in total. The van der Waals surface area contributed by atoms with Crippen molar-refractivity contribution in [3.05, 3.63) is 83.7 Å². The van der Waals surface area contributed by atoms with E-state index in [4.69, 9.17) is 4.74 Å². The number of aryl methyl sites for hydroxylation is 1. The Kier molecular flexibility index (Phi) is 3.92. The van der Waals surface area contributed by atoms with Gasteiger partial charge in [-0.2, -0.15) is 0 Å². The number of hydrogen-bond acceptors (Lipinski definition) is 3. The fourth-order valence-corrected chi connectivity index (χ4v) is 4.61. The highest BCUT2D eigenvalue weighted by molar-refractivity contribution is 7.93. The van der Waals surface area contributed by atoms with E-state index in [1.165, 1.54) is 22.5 Å². The molecule has 0 aromatic heterocycles. The average Bonchev–Trinajstić information content (AvgIpc) is 2.88. The fourth-order valence-electron chi connectivity index (χ4n) is 2.97. The van der Waals surface area contributed by atoms with Gasteiger partial charge >= 0.3 is 0 Å². The van der Waals surface area contributed by atoms with Crippen LogP contribution in [-0.4, -0.2) is 8.42 Å². The molecular weight excluding hydrogens is 353 g/mol. The van der Waals surface area contributed by atoms with Crippen LogP contribution in [0.2, 0.25) is 0 Å². The van der Waals surface area contributed by atoms with E-state index in [9.17, 15) is 12.8 Å². The number of fused-ring (bicyclic) bond motifs is 1. The lowest BCUT2D eigenvalue weighted by Gasteiger charge is -2.18. The molecule has 0 fully saturated rings. The molecule has 0 saturated heterocycles. The molecule has 3 aromatic carbocycles. The third-order valence-electron chi connectivity index (χ3n) is 4.26. The highest BCUT2D eigenvalue weighted by atomic mass is 32.2. The Morgan fingerprint density at radius 1 is 0.962 bits per heavy atom. The molecule has 1 heterocycles. The van der Waals surface area contributed by atoms with Crippen molar-refractivity contribution in [3.63, 3.8) is 0 Å². The molecule has 1 aliphatic rings. The SMILES string of the molecule is Cc1ccc(Oc2cc(F)cc(N3Cc4ccccc4S3(=O)=O)c2)cc1. The lowest BCUT2D eigenvalue weighted by molar-refractivity contribution is 0.477. The topological polar surface area (TPSA) is 46.6 Å². The Hall–Kier alpha value is -2.86. The second kappa shape index (κ2) is 6.14. The number of rotatable bonds is 3. The van der Waals surface area contributed by atoms with Gasteiger partial charge in [-0.25, -0.2) is 12.8 Å². The van der Waals surface area contributed by atoms with Crippen LogP contribution in [0.3, 0.4) is 0 Å². The largest absolute Gasteiger partial charge is 0.457 e. The summed E-state index contributed by atoms with van der Waals surface area (Å²) in [6.07, 6.45) is 0. The second-order valence-corrected chi connectivity index (χ2v) is 8.01. The third kappa shape index (κ3) is 2.93. The van der Waals surface area contributed by atoms with Crippen molar-refractivity contribution in [3.8, 4) is 11.5 Å². The number of sulfonamides is 1. The first-order valence-corrected chi connectivity index (χ1v) is 9.53. The van der Waals surface area contributed by atoms with Crippen LogP contribution >= 0.6 is 0 Å². The third-order valence-corrected chi connectivity index (χ3v) is 6.13. The van der Waals surface area contributed by atoms with E-state index in [-0.39, 0.29) is 22.9 Å². The zero-order valence-corrected chi connectivity index (χ0v) is 14.8. The van der Waals surface area contributed by atoms with Crippen LogP contribution in [0.4, 0.5) is 10.1 Å². The second-order valence-electron chi connectivity index (χ2n) is 6.18. The maximum atomic E-state index is 14.1. The van der Waals surface area contributed by atoms with Crippen LogP contribution in [0.25, 0.3) is 0 Å². The van der Waals surface area contributed by atoms with Gasteiger partial charge in [-0.1, -0.05) is 35.9 Å². The zero-order valence-electron chi connectivity index (χ0n) is 14.0. The van der Waals surface area contributed by atoms with Gasteiger partial charge in [0.15, 0.2) is 0 Å². The van der Waals surface area contributed by atoms with Crippen molar-refractivity contribution >= 4 is 15.7 Å². The number of ether oxygens (including phenoxy) is 1. The first-order chi connectivity index (χ1) is 12.4. The maximum Gasteiger partial charge on any atom is 0.264 e. The van der Waals surface area contributed by atoms with Crippen LogP contribution in [-0.2, 0) is 16.6 Å². The van der Waals surface area contributed by atoms with Gasteiger partial charge in [0.2, 0.25) is 0 Å². The minimum absolute atomic E-state index is 0.173. The van der Waals surface area contributed by atoms with Crippen LogP contribution in [0.15, 0.2) is 71.6 Å². The van der Waals surface area contributed by atoms with Gasteiger partial charge in [0.1, 0.15) is 17.3 Å². The Balaban J connectivity index is 1.70. The van der Waals surface area contributed by atoms with Crippen molar-refractivity contribution < 1.29 is 17.5 Å². The van der Waals surface area contributed by atoms with Crippen molar-refractivity contribution in [2.45, 2.75) is 18.4 Å². The molecular formula is C20H16FNO3S. The summed E-state index contributed by atoms with van der Waals surface area (Å²) in [5, 5.41) is 0. The average molecular weight is 369 g/mol. The minimum atomic E-state index is -3.70. The lowest BCUT2D eigenvalue weighted by Crippen LogP contribution is -2.23. The Labute approximate surface area is 151 Å². The number of benzene rings is 3. The Bertz CT molecular complexity index is 1080. The summed E-state index contributed by atoms with van der Waals surface area (Å²) < 4.78 is 46.6. The first-order valence-electron chi connectivity index (χ1n) is 8.09. The van der Waals surface area contributed by atoms with Crippen LogP contribution in [0.5, 0.6) is 11.5 Å². The van der Waals surface area contributed by atoms with E-state index in [0.717, 1.165) is 5.56 Å². The summed E-state index contributed by atoms with van der Waals surface area (Å²) >= 11 is 0. The summed E-state index contributed by atoms with van der Waals surface area (Å²) in [6, 6.07) is 18.1. The summed E-state index contributed by atoms with van der Waals surface area (Å²) in [5.41, 5.74) is 2.01. The molecule has 4 nitrogen and oxygen atoms in total. The molecule has 0 saturated carbocycles. The minimum Gasteiger partial charge on any atom is -0.457 e. The molecule has 0 bridgehead atoms. The molecule has 0 spiro atoms. The maximum absolute atomic E-state index is 14.1. The highest BCUT2D eigenvalue weighted by Gasteiger charge is 2.34. The van der Waals surface area contributed by atoms with Gasteiger partial charge in [-0.15, -0.1) is 0 Å². The molecule has 4 rings (SSSR count). The Morgan fingerprint density at radius 2 is 1.69 bits per heavy atom. The number of anilines is 1. The van der Waals surface area contributed by atoms with Crippen LogP contribution in [0.1, 0.15) is 11.1 Å². The molecule has 0 unspecified atom stereocenters. The van der Waals surface area contributed by atoms with Gasteiger partial charge in [-0.3, -0.25) is 4.31 Å². The molecule has 0 radical (unpaired) electrons. The molecule has 6 heteroatoms. The first kappa shape index (κ1) is 16.6. The molecule has 26 heavy (non-hydrogen) atoms. The van der Waals surface area contributed by atoms with Gasteiger partial charge in [-0.05, 0) is 36.8 Å². The van der Waals surface area contributed by atoms with Gasteiger partial charge in [0, 0.05) is 12.1 Å². The summed E-state index contributed by atoms with van der Waals surface area (Å²) in [6.45, 7) is 2.13. The van der Waals surface area contributed by atoms with E-state index in [1.807, 2.05) is 19.1 Å². The predicted molar refractivity (Wildman–Crippen MR) is 97.5 cm³/mol. The van der Waals surface area contributed by atoms with Crippen molar-refractivity contribution in [1.29, 1.82) is 0 Å². The predicted octanol–water partition coefficient (Wildman–Crippen LogP) is 4.64. The summed E-state index contributed by atoms with van der Waals surface area (Å²) in [7, 11) is -3.70. The molecule has 0 atom stereocenters. The number of hydrogen-bond donors (Lipinski definition) is 0. The van der Waals surface area contributed by atoms with E-state index in [2.05, 4.69) is 0 Å². The number of nitrogens with zero attached hydrogens (tertiary/aromatic N) is 1. The smallest absolute Gasteiger partial charge is 0.264 e. The molecule has 132 valence electrons. The highest BCUT2D eigenvalue weighted by Crippen LogP contribution is 2.37. The molecule has 3 aromatic rings. The van der Waals surface area contributed by atoms with Crippen molar-refractivity contribution in [1.82, 2.24) is 0 Å². The Morgan fingerprint density at radius 3 is 2.42 bits per heavy atom.